The Kier molecular flexibility index (Phi) is 5.56. The van der Waals surface area contributed by atoms with E-state index in [9.17, 15) is 0 Å². The highest BCUT2D eigenvalue weighted by Gasteiger charge is 2.51. The van der Waals surface area contributed by atoms with Crippen molar-refractivity contribution in [3.8, 4) is 56.0 Å². The van der Waals surface area contributed by atoms with Gasteiger partial charge >= 0.3 is 0 Å². The van der Waals surface area contributed by atoms with E-state index in [2.05, 4.69) is 146 Å². The number of para-hydroxylation sites is 1. The van der Waals surface area contributed by atoms with Crippen molar-refractivity contribution in [1.29, 1.82) is 0 Å². The number of hydrogen-bond acceptors (Lipinski definition) is 3. The van der Waals surface area contributed by atoms with Crippen molar-refractivity contribution in [2.45, 2.75) is 5.41 Å². The Bertz CT molecular complexity index is 2770. The van der Waals surface area contributed by atoms with Gasteiger partial charge in [0.2, 0.25) is 0 Å². The summed E-state index contributed by atoms with van der Waals surface area (Å²) in [5, 5.41) is 6.15. The van der Waals surface area contributed by atoms with Crippen LogP contribution in [0.2, 0.25) is 0 Å². The Balaban J connectivity index is 1.13. The standard InChI is InChI=1S/C46H28N4/c1-2-14-29(15-3-1)43-37-21-9-13-25-42(37)50-45(47-43)48-44(49-50)36-20-5-4-16-31(36)30-26-27-35-34-19-8-12-24-40(34)46(41(35)28-30)38-22-10-6-17-32(38)33-18-7-11-23-39(33)46/h1-28H. The van der Waals surface area contributed by atoms with Crippen LogP contribution in [0.15, 0.2) is 170 Å². The Morgan fingerprint density at radius 1 is 0.400 bits per heavy atom. The summed E-state index contributed by atoms with van der Waals surface area (Å²) < 4.78 is 1.88. The van der Waals surface area contributed by atoms with Crippen molar-refractivity contribution in [3.63, 3.8) is 0 Å². The SMILES string of the molecule is c1ccc(-c2nc3nc(-c4ccccc4-c4ccc5c(c4)C4(c6ccccc6-c6ccccc64)c4ccccc4-5)nn3c3ccccc23)cc1. The van der Waals surface area contributed by atoms with Gasteiger partial charge in [0.1, 0.15) is 0 Å². The first kappa shape index (κ1) is 27.3. The molecule has 9 aromatic rings. The highest BCUT2D eigenvalue weighted by atomic mass is 15.3. The lowest BCUT2D eigenvalue weighted by Crippen LogP contribution is -2.25. The summed E-state index contributed by atoms with van der Waals surface area (Å²) in [5.41, 5.74) is 16.2. The molecule has 0 radical (unpaired) electrons. The third kappa shape index (κ3) is 3.57. The zero-order valence-electron chi connectivity index (χ0n) is 27.0. The number of aromatic nitrogens is 4. The highest BCUT2D eigenvalue weighted by molar-refractivity contribution is 5.97. The van der Waals surface area contributed by atoms with E-state index in [0.717, 1.165) is 38.9 Å². The average molecular weight is 637 g/mol. The summed E-state index contributed by atoms with van der Waals surface area (Å²) in [7, 11) is 0. The molecule has 2 aliphatic rings. The van der Waals surface area contributed by atoms with Crippen LogP contribution in [-0.4, -0.2) is 19.6 Å². The molecule has 2 heterocycles. The minimum atomic E-state index is -0.401. The maximum atomic E-state index is 5.11. The van der Waals surface area contributed by atoms with E-state index >= 15 is 0 Å². The summed E-state index contributed by atoms with van der Waals surface area (Å²) in [4.78, 5) is 10.2. The summed E-state index contributed by atoms with van der Waals surface area (Å²) in [6.07, 6.45) is 0. The molecule has 1 spiro atoms. The van der Waals surface area contributed by atoms with E-state index in [4.69, 9.17) is 15.1 Å². The van der Waals surface area contributed by atoms with Gasteiger partial charge in [0, 0.05) is 16.5 Å². The predicted octanol–water partition coefficient (Wildman–Crippen LogP) is 10.6. The van der Waals surface area contributed by atoms with Crippen molar-refractivity contribution in [2.75, 3.05) is 0 Å². The van der Waals surface area contributed by atoms with Gasteiger partial charge in [0.25, 0.3) is 5.78 Å². The molecule has 0 fully saturated rings. The Hall–Kier alpha value is -6.65. The lowest BCUT2D eigenvalue weighted by atomic mass is 9.70. The number of fused-ring (bicyclic) bond motifs is 13. The monoisotopic (exact) mass is 636 g/mol. The van der Waals surface area contributed by atoms with Gasteiger partial charge in [-0.1, -0.05) is 158 Å². The second-order valence-corrected chi connectivity index (χ2v) is 13.2. The van der Waals surface area contributed by atoms with Crippen LogP contribution in [0.3, 0.4) is 0 Å². The molecule has 2 aliphatic carbocycles. The first-order valence-electron chi connectivity index (χ1n) is 17.1. The molecule has 0 aliphatic heterocycles. The van der Waals surface area contributed by atoms with Gasteiger partial charge < -0.3 is 0 Å². The van der Waals surface area contributed by atoms with Crippen LogP contribution in [0.5, 0.6) is 0 Å². The van der Waals surface area contributed by atoms with Crippen molar-refractivity contribution in [2.24, 2.45) is 0 Å². The van der Waals surface area contributed by atoms with Crippen LogP contribution in [0.1, 0.15) is 22.3 Å². The molecule has 0 bridgehead atoms. The minimum absolute atomic E-state index is 0.401. The molecule has 50 heavy (non-hydrogen) atoms. The second-order valence-electron chi connectivity index (χ2n) is 13.2. The van der Waals surface area contributed by atoms with Crippen LogP contribution >= 0.6 is 0 Å². The zero-order chi connectivity index (χ0) is 32.8. The molecule has 0 saturated heterocycles. The maximum Gasteiger partial charge on any atom is 0.253 e. The van der Waals surface area contributed by atoms with Gasteiger partial charge in [0.05, 0.1) is 16.6 Å². The normalized spacial score (nSPS) is 13.4. The maximum absolute atomic E-state index is 5.11. The smallest absolute Gasteiger partial charge is 0.210 e. The molecular formula is C46H28N4. The molecule has 0 unspecified atom stereocenters. The van der Waals surface area contributed by atoms with Crippen molar-refractivity contribution in [1.82, 2.24) is 19.6 Å². The largest absolute Gasteiger partial charge is 0.253 e. The summed E-state index contributed by atoms with van der Waals surface area (Å²) in [6, 6.07) is 60.9. The average Bonchev–Trinajstić information content (AvgIpc) is 3.85. The van der Waals surface area contributed by atoms with Crippen LogP contribution in [0.25, 0.3) is 72.7 Å². The molecule has 7 aromatic carbocycles. The van der Waals surface area contributed by atoms with E-state index in [-0.39, 0.29) is 0 Å². The molecule has 232 valence electrons. The molecule has 2 aromatic heterocycles. The molecule has 11 rings (SSSR count). The molecule has 4 heteroatoms. The van der Waals surface area contributed by atoms with Crippen molar-refractivity contribution in [3.05, 3.63) is 192 Å². The van der Waals surface area contributed by atoms with Crippen LogP contribution in [0, 0.1) is 0 Å². The van der Waals surface area contributed by atoms with Gasteiger partial charge in [-0.25, -0.2) is 4.98 Å². The summed E-state index contributed by atoms with van der Waals surface area (Å²) in [5.74, 6) is 1.23. The van der Waals surface area contributed by atoms with Gasteiger partial charge in [0.15, 0.2) is 5.82 Å². The molecule has 0 atom stereocenters. The van der Waals surface area contributed by atoms with E-state index in [1.54, 1.807) is 0 Å². The van der Waals surface area contributed by atoms with Crippen LogP contribution < -0.4 is 0 Å². The number of benzene rings is 7. The fraction of sp³-hybridized carbons (Fsp3) is 0.0217. The highest BCUT2D eigenvalue weighted by Crippen LogP contribution is 2.63. The van der Waals surface area contributed by atoms with E-state index in [0.29, 0.717) is 11.6 Å². The first-order chi connectivity index (χ1) is 24.8. The molecule has 4 nitrogen and oxygen atoms in total. The third-order valence-electron chi connectivity index (χ3n) is 10.7. The van der Waals surface area contributed by atoms with Crippen molar-refractivity contribution >= 4 is 16.7 Å². The van der Waals surface area contributed by atoms with Gasteiger partial charge in [-0.2, -0.15) is 9.50 Å². The molecule has 0 saturated carbocycles. The van der Waals surface area contributed by atoms with Crippen LogP contribution in [0.4, 0.5) is 0 Å². The Morgan fingerprint density at radius 2 is 0.940 bits per heavy atom. The molecule has 0 amide bonds. The quantitative estimate of drug-likeness (QED) is 0.194. The predicted molar refractivity (Wildman–Crippen MR) is 201 cm³/mol. The minimum Gasteiger partial charge on any atom is -0.210 e. The molecule has 0 N–H and O–H groups in total. The fourth-order valence-electron chi connectivity index (χ4n) is 8.68. The van der Waals surface area contributed by atoms with Gasteiger partial charge in [-0.15, -0.1) is 5.10 Å². The van der Waals surface area contributed by atoms with Crippen LogP contribution in [-0.2, 0) is 5.41 Å². The van der Waals surface area contributed by atoms with Gasteiger partial charge in [-0.05, 0) is 67.8 Å². The number of rotatable bonds is 3. The van der Waals surface area contributed by atoms with Gasteiger partial charge in [-0.3, -0.25) is 0 Å². The van der Waals surface area contributed by atoms with E-state index in [1.807, 2.05) is 28.8 Å². The number of nitrogens with zero attached hydrogens (tertiary/aromatic N) is 4. The third-order valence-corrected chi connectivity index (χ3v) is 10.7. The van der Waals surface area contributed by atoms with E-state index in [1.165, 1.54) is 44.5 Å². The number of hydrogen-bond donors (Lipinski definition) is 0. The summed E-state index contributed by atoms with van der Waals surface area (Å²) >= 11 is 0. The Labute approximate surface area is 289 Å². The Morgan fingerprint density at radius 3 is 1.62 bits per heavy atom. The topological polar surface area (TPSA) is 43.1 Å². The lowest BCUT2D eigenvalue weighted by Gasteiger charge is -2.30. The summed E-state index contributed by atoms with van der Waals surface area (Å²) in [6.45, 7) is 0. The zero-order valence-corrected chi connectivity index (χ0v) is 27.0. The van der Waals surface area contributed by atoms with E-state index < -0.39 is 5.41 Å². The second kappa shape index (κ2) is 10.2. The fourth-order valence-corrected chi connectivity index (χ4v) is 8.68. The first-order valence-corrected chi connectivity index (χ1v) is 17.1. The molecular weight excluding hydrogens is 609 g/mol. The van der Waals surface area contributed by atoms with Crippen molar-refractivity contribution < 1.29 is 0 Å². The lowest BCUT2D eigenvalue weighted by molar-refractivity contribution is 0.794.